The summed E-state index contributed by atoms with van der Waals surface area (Å²) in [5, 5.41) is 14.8. The average molecular weight is 465 g/mol. The molecule has 0 radical (unpaired) electrons. The van der Waals surface area contributed by atoms with Gasteiger partial charge in [0.2, 0.25) is 5.91 Å². The molecule has 7 nitrogen and oxygen atoms in total. The van der Waals surface area contributed by atoms with E-state index >= 15 is 0 Å². The van der Waals surface area contributed by atoms with Crippen LogP contribution < -0.4 is 10.6 Å². The molecule has 2 aromatic rings. The van der Waals surface area contributed by atoms with Crippen LogP contribution >= 0.6 is 0 Å². The van der Waals surface area contributed by atoms with Gasteiger partial charge in [-0.25, -0.2) is 4.79 Å². The summed E-state index contributed by atoms with van der Waals surface area (Å²) in [5.74, 6) is -1.35. The monoisotopic (exact) mass is 464 g/mol. The lowest BCUT2D eigenvalue weighted by Crippen LogP contribution is -2.61. The fourth-order valence-electron chi connectivity index (χ4n) is 5.23. The quantitative estimate of drug-likeness (QED) is 0.530. The van der Waals surface area contributed by atoms with E-state index in [1.807, 2.05) is 31.2 Å². The van der Waals surface area contributed by atoms with Crippen molar-refractivity contribution in [1.82, 2.24) is 10.6 Å². The molecule has 0 saturated heterocycles. The predicted molar refractivity (Wildman–Crippen MR) is 128 cm³/mol. The molecule has 2 aliphatic rings. The van der Waals surface area contributed by atoms with Gasteiger partial charge in [-0.1, -0.05) is 74.7 Å². The van der Waals surface area contributed by atoms with Gasteiger partial charge in [-0.05, 0) is 41.5 Å². The lowest BCUT2D eigenvalue weighted by atomic mass is 9.80. The molecule has 0 bridgehead atoms. The first-order chi connectivity index (χ1) is 16.4. The summed E-state index contributed by atoms with van der Waals surface area (Å²) in [6.45, 7) is 2.01. The van der Waals surface area contributed by atoms with Gasteiger partial charge >= 0.3 is 12.1 Å². The summed E-state index contributed by atoms with van der Waals surface area (Å²) in [4.78, 5) is 37.3. The molecule has 1 saturated carbocycles. The zero-order valence-corrected chi connectivity index (χ0v) is 19.5. The third-order valence-electron chi connectivity index (χ3n) is 7.08. The highest BCUT2D eigenvalue weighted by molar-refractivity contribution is 5.90. The van der Waals surface area contributed by atoms with E-state index in [4.69, 9.17) is 9.84 Å². The van der Waals surface area contributed by atoms with E-state index < -0.39 is 23.6 Å². The molecule has 0 aromatic heterocycles. The van der Waals surface area contributed by atoms with E-state index in [0.29, 0.717) is 19.3 Å². The van der Waals surface area contributed by atoms with Gasteiger partial charge in [-0.3, -0.25) is 9.59 Å². The van der Waals surface area contributed by atoms with Gasteiger partial charge in [0.25, 0.3) is 0 Å². The Kier molecular flexibility index (Phi) is 7.20. The molecular weight excluding hydrogens is 432 g/mol. The molecule has 7 heteroatoms. The molecule has 4 rings (SSSR count). The van der Waals surface area contributed by atoms with Crippen LogP contribution in [0.3, 0.4) is 0 Å². The molecule has 34 heavy (non-hydrogen) atoms. The second kappa shape index (κ2) is 10.3. The molecule has 3 N–H and O–H groups in total. The van der Waals surface area contributed by atoms with Crippen molar-refractivity contribution in [3.05, 3.63) is 59.7 Å². The molecule has 0 heterocycles. The topological polar surface area (TPSA) is 105 Å². The van der Waals surface area contributed by atoms with Gasteiger partial charge in [0, 0.05) is 12.0 Å². The largest absolute Gasteiger partial charge is 0.481 e. The number of fused-ring (bicyclic) bond motifs is 3. The van der Waals surface area contributed by atoms with Gasteiger partial charge < -0.3 is 20.5 Å². The second-order valence-electron chi connectivity index (χ2n) is 9.27. The summed E-state index contributed by atoms with van der Waals surface area (Å²) >= 11 is 0. The summed E-state index contributed by atoms with van der Waals surface area (Å²) in [5.41, 5.74) is 3.48. The third-order valence-corrected chi connectivity index (χ3v) is 7.08. The maximum absolute atomic E-state index is 13.2. The minimum atomic E-state index is -1.08. The highest BCUT2D eigenvalue weighted by Gasteiger charge is 2.42. The molecule has 180 valence electrons. The van der Waals surface area contributed by atoms with Crippen molar-refractivity contribution in [2.24, 2.45) is 0 Å². The number of hydrogen-bond acceptors (Lipinski definition) is 4. The number of aliphatic carboxylic acids is 1. The van der Waals surface area contributed by atoms with E-state index in [9.17, 15) is 14.4 Å². The summed E-state index contributed by atoms with van der Waals surface area (Å²) in [6, 6.07) is 15.8. The Labute approximate surface area is 199 Å². The Morgan fingerprint density at radius 3 is 2.15 bits per heavy atom. The van der Waals surface area contributed by atoms with E-state index in [-0.39, 0.29) is 24.9 Å². The van der Waals surface area contributed by atoms with Crippen LogP contribution in [-0.4, -0.2) is 41.3 Å². The minimum Gasteiger partial charge on any atom is -0.481 e. The normalized spacial score (nSPS) is 17.2. The van der Waals surface area contributed by atoms with Crippen molar-refractivity contribution in [1.29, 1.82) is 0 Å². The van der Waals surface area contributed by atoms with Crippen LogP contribution in [0.1, 0.15) is 68.9 Å². The fourth-order valence-corrected chi connectivity index (χ4v) is 5.23. The van der Waals surface area contributed by atoms with Crippen LogP contribution in [0.5, 0.6) is 0 Å². The van der Waals surface area contributed by atoms with E-state index in [1.54, 1.807) is 0 Å². The van der Waals surface area contributed by atoms with Gasteiger partial charge in [0.05, 0.1) is 6.42 Å². The zero-order valence-electron chi connectivity index (χ0n) is 19.5. The smallest absolute Gasteiger partial charge is 0.408 e. The van der Waals surface area contributed by atoms with Crippen LogP contribution in [0.15, 0.2) is 48.5 Å². The molecule has 2 amide bonds. The van der Waals surface area contributed by atoms with Crippen molar-refractivity contribution >= 4 is 18.0 Å². The van der Waals surface area contributed by atoms with Crippen LogP contribution in [0.2, 0.25) is 0 Å². The lowest BCUT2D eigenvalue weighted by molar-refractivity contribution is -0.138. The number of benzene rings is 2. The van der Waals surface area contributed by atoms with Crippen molar-refractivity contribution in [3.63, 3.8) is 0 Å². The molecule has 1 fully saturated rings. The Balaban J connectivity index is 1.45. The van der Waals surface area contributed by atoms with Gasteiger partial charge in [0.15, 0.2) is 0 Å². The zero-order chi connectivity index (χ0) is 24.1. The van der Waals surface area contributed by atoms with Crippen molar-refractivity contribution in [2.75, 3.05) is 6.61 Å². The number of carbonyl (C=O) groups excluding carboxylic acids is 2. The van der Waals surface area contributed by atoms with E-state index in [2.05, 4.69) is 34.9 Å². The number of amides is 2. The fraction of sp³-hybridized carbons (Fsp3) is 0.444. The number of carbonyl (C=O) groups is 3. The van der Waals surface area contributed by atoms with Crippen molar-refractivity contribution in [2.45, 2.75) is 69.4 Å². The number of carboxylic acids is 1. The standard InChI is InChI=1S/C27H32N2O5/c1-2-18(16-24(30)31)28-25(32)27(14-8-3-9-15-27)29-26(33)34-17-23-21-12-6-4-10-19(21)20-11-5-7-13-22(20)23/h4-7,10-13,18,23H,2-3,8-9,14-17H2,1H3,(H,28,32)(H,29,33)(H,30,31). The summed E-state index contributed by atoms with van der Waals surface area (Å²) in [6.07, 6.45) is 3.36. The first-order valence-electron chi connectivity index (χ1n) is 12.1. The van der Waals surface area contributed by atoms with Crippen LogP contribution in [-0.2, 0) is 14.3 Å². The van der Waals surface area contributed by atoms with Crippen LogP contribution in [0.25, 0.3) is 11.1 Å². The number of carboxylic acid groups (broad SMARTS) is 1. The van der Waals surface area contributed by atoms with Crippen LogP contribution in [0.4, 0.5) is 4.79 Å². The van der Waals surface area contributed by atoms with Crippen molar-refractivity contribution in [3.8, 4) is 11.1 Å². The molecule has 1 unspecified atom stereocenters. The number of ether oxygens (including phenoxy) is 1. The number of rotatable bonds is 8. The molecule has 2 aromatic carbocycles. The summed E-state index contributed by atoms with van der Waals surface area (Å²) in [7, 11) is 0. The first-order valence-corrected chi connectivity index (χ1v) is 12.1. The second-order valence-corrected chi connectivity index (χ2v) is 9.27. The minimum absolute atomic E-state index is 0.0608. The number of hydrogen-bond donors (Lipinski definition) is 3. The Morgan fingerprint density at radius 1 is 1.00 bits per heavy atom. The van der Waals surface area contributed by atoms with Gasteiger partial charge in [0.1, 0.15) is 12.1 Å². The van der Waals surface area contributed by atoms with Gasteiger partial charge in [-0.2, -0.15) is 0 Å². The Morgan fingerprint density at radius 2 is 1.59 bits per heavy atom. The summed E-state index contributed by atoms with van der Waals surface area (Å²) < 4.78 is 5.69. The number of nitrogens with one attached hydrogen (secondary N) is 2. The highest BCUT2D eigenvalue weighted by atomic mass is 16.5. The maximum Gasteiger partial charge on any atom is 0.408 e. The van der Waals surface area contributed by atoms with Crippen molar-refractivity contribution < 1.29 is 24.2 Å². The predicted octanol–water partition coefficient (Wildman–Crippen LogP) is 4.60. The highest BCUT2D eigenvalue weighted by Crippen LogP contribution is 2.44. The molecule has 1 atom stereocenters. The molecule has 0 aliphatic heterocycles. The first kappa shape index (κ1) is 23.8. The van der Waals surface area contributed by atoms with E-state index in [0.717, 1.165) is 41.5 Å². The molecule has 2 aliphatic carbocycles. The van der Waals surface area contributed by atoms with Gasteiger partial charge in [-0.15, -0.1) is 0 Å². The Hall–Kier alpha value is -3.35. The molecular formula is C27H32N2O5. The number of alkyl carbamates (subject to hydrolysis) is 1. The maximum atomic E-state index is 13.2. The average Bonchev–Trinajstić information content (AvgIpc) is 3.16. The van der Waals surface area contributed by atoms with E-state index in [1.165, 1.54) is 0 Å². The Bertz CT molecular complexity index is 1010. The third kappa shape index (κ3) is 4.93. The van der Waals surface area contributed by atoms with Crippen LogP contribution in [0, 0.1) is 0 Å². The lowest BCUT2D eigenvalue weighted by Gasteiger charge is -2.37. The SMILES string of the molecule is CCC(CC(=O)O)NC(=O)C1(NC(=O)OCC2c3ccccc3-c3ccccc32)CCCCC1. The molecule has 0 spiro atoms.